The minimum absolute atomic E-state index is 0.00231. The van der Waals surface area contributed by atoms with Crippen molar-refractivity contribution in [2.45, 2.75) is 94.6 Å². The molecule has 0 radical (unpaired) electrons. The molecule has 7 heterocycles. The van der Waals surface area contributed by atoms with Crippen molar-refractivity contribution in [3.05, 3.63) is 88.5 Å². The Morgan fingerprint density at radius 3 is 2.28 bits per heavy atom. The number of methoxy groups -OCH3 is 2. The van der Waals surface area contributed by atoms with Gasteiger partial charge in [-0.25, -0.2) is 18.2 Å². The molecule has 4 fully saturated rings. The summed E-state index contributed by atoms with van der Waals surface area (Å²) in [6, 6.07) is 15.4. The topological polar surface area (TPSA) is 97.3 Å². The predicted octanol–water partition coefficient (Wildman–Crippen LogP) is 8.57. The van der Waals surface area contributed by atoms with Gasteiger partial charge in [0.05, 0.1) is 48.6 Å². The van der Waals surface area contributed by atoms with Crippen LogP contribution in [-0.2, 0) is 19.3 Å². The third kappa shape index (κ3) is 7.57. The number of aryl methyl sites for hydroxylation is 1. The van der Waals surface area contributed by atoms with Gasteiger partial charge in [-0.2, -0.15) is 23.1 Å². The van der Waals surface area contributed by atoms with E-state index >= 15 is 22.0 Å². The van der Waals surface area contributed by atoms with Crippen LogP contribution < -0.4 is 34.1 Å². The SMILES string of the molecule is COc1ccc(CN(Cc2ccc(OC)cc2)c2cc(C)c(C(F)(F)F)c(-c3c(F)c4c5c(nc(OC[C@@]67CCCN6C[C@H](F)C7)nc5c3F)N3C[C@@H]5CCC(N5)C3CCO4)n2)cc1. The van der Waals surface area contributed by atoms with Crippen LogP contribution in [0.3, 0.4) is 0 Å². The number of nitrogens with zero attached hydrogens (tertiary/aromatic N) is 6. The Balaban J connectivity index is 1.15. The Hall–Kier alpha value is -5.55. The van der Waals surface area contributed by atoms with Crippen LogP contribution in [0.2, 0.25) is 0 Å². The van der Waals surface area contributed by atoms with Crippen LogP contribution in [0.15, 0.2) is 54.6 Å². The summed E-state index contributed by atoms with van der Waals surface area (Å²) in [6.07, 6.45) is -2.11. The zero-order valence-corrected chi connectivity index (χ0v) is 35.8. The van der Waals surface area contributed by atoms with Crippen molar-refractivity contribution in [3.63, 3.8) is 0 Å². The van der Waals surface area contributed by atoms with Crippen LogP contribution in [0.5, 0.6) is 23.3 Å². The molecular formula is C47H49F6N7O4. The summed E-state index contributed by atoms with van der Waals surface area (Å²) in [5.41, 5.74) is -3.07. The molecule has 64 heavy (non-hydrogen) atoms. The second-order valence-corrected chi connectivity index (χ2v) is 17.7. The van der Waals surface area contributed by atoms with E-state index in [9.17, 15) is 4.39 Å². The molecule has 2 bridgehead atoms. The molecule has 17 heteroatoms. The molecule has 3 aromatic carbocycles. The molecule has 0 amide bonds. The number of hydrogen-bond acceptors (Lipinski definition) is 11. The predicted molar refractivity (Wildman–Crippen MR) is 228 cm³/mol. The molecule has 2 aromatic heterocycles. The van der Waals surface area contributed by atoms with Crippen molar-refractivity contribution in [1.29, 1.82) is 0 Å². The molecule has 5 aromatic rings. The average Bonchev–Trinajstić information content (AvgIpc) is 3.95. The average molecular weight is 890 g/mol. The molecule has 5 atom stereocenters. The number of anilines is 2. The monoisotopic (exact) mass is 889 g/mol. The molecule has 5 aliphatic rings. The fraction of sp³-hybridized carbons (Fsp3) is 0.468. The Bertz CT molecular complexity index is 2520. The lowest BCUT2D eigenvalue weighted by molar-refractivity contribution is -0.137. The Labute approximate surface area is 366 Å². The molecule has 1 N–H and O–H groups in total. The Morgan fingerprint density at radius 1 is 0.906 bits per heavy atom. The molecule has 0 saturated carbocycles. The highest BCUT2D eigenvalue weighted by Crippen LogP contribution is 2.49. The maximum atomic E-state index is 17.8. The first-order chi connectivity index (χ1) is 30.8. The third-order valence-electron chi connectivity index (χ3n) is 13.8. The van der Waals surface area contributed by atoms with Gasteiger partial charge in [-0.05, 0) is 86.2 Å². The van der Waals surface area contributed by atoms with E-state index in [1.165, 1.54) is 13.0 Å². The number of fused-ring (bicyclic) bond motifs is 6. The van der Waals surface area contributed by atoms with Crippen LogP contribution in [0, 0.1) is 18.6 Å². The van der Waals surface area contributed by atoms with Crippen molar-refractivity contribution in [3.8, 4) is 34.5 Å². The summed E-state index contributed by atoms with van der Waals surface area (Å²) in [4.78, 5) is 19.7. The van der Waals surface area contributed by atoms with E-state index in [1.54, 1.807) is 43.4 Å². The van der Waals surface area contributed by atoms with E-state index in [-0.39, 0.29) is 86.0 Å². The van der Waals surface area contributed by atoms with Gasteiger partial charge in [0.15, 0.2) is 17.4 Å². The first-order valence-corrected chi connectivity index (χ1v) is 21.8. The van der Waals surface area contributed by atoms with E-state index in [2.05, 4.69) is 20.2 Å². The molecular weight excluding hydrogens is 841 g/mol. The summed E-state index contributed by atoms with van der Waals surface area (Å²) in [5.74, 6) is -1.71. The molecule has 11 nitrogen and oxygen atoms in total. The highest BCUT2D eigenvalue weighted by molar-refractivity contribution is 5.99. The van der Waals surface area contributed by atoms with Gasteiger partial charge in [-0.3, -0.25) is 4.90 Å². The summed E-state index contributed by atoms with van der Waals surface area (Å²) in [6.45, 7) is 3.06. The van der Waals surface area contributed by atoms with Crippen molar-refractivity contribution in [2.24, 2.45) is 0 Å². The highest BCUT2D eigenvalue weighted by Gasteiger charge is 2.50. The van der Waals surface area contributed by atoms with Crippen molar-refractivity contribution in [2.75, 3.05) is 56.9 Å². The number of ether oxygens (including phenoxy) is 4. The lowest BCUT2D eigenvalue weighted by Crippen LogP contribution is -2.59. The Kier molecular flexibility index (Phi) is 10.9. The normalized spacial score (nSPS) is 23.9. The lowest BCUT2D eigenvalue weighted by Gasteiger charge is -2.43. The van der Waals surface area contributed by atoms with E-state index in [4.69, 9.17) is 23.9 Å². The maximum absolute atomic E-state index is 17.8. The molecule has 338 valence electrons. The van der Waals surface area contributed by atoms with Gasteiger partial charge in [0.2, 0.25) is 0 Å². The number of halogens is 6. The van der Waals surface area contributed by atoms with Gasteiger partial charge in [-0.15, -0.1) is 0 Å². The third-order valence-corrected chi connectivity index (χ3v) is 13.8. The van der Waals surface area contributed by atoms with E-state index in [1.807, 2.05) is 29.2 Å². The van der Waals surface area contributed by atoms with Gasteiger partial charge in [-0.1, -0.05) is 24.3 Å². The molecule has 0 spiro atoms. The van der Waals surface area contributed by atoms with Crippen molar-refractivity contribution < 1.29 is 45.3 Å². The number of alkyl halides is 4. The number of pyridine rings is 1. The quantitative estimate of drug-likeness (QED) is 0.129. The second kappa shape index (κ2) is 16.5. The van der Waals surface area contributed by atoms with Crippen LogP contribution in [-0.4, -0.2) is 96.8 Å². The molecule has 2 unspecified atom stereocenters. The maximum Gasteiger partial charge on any atom is 0.418 e. The van der Waals surface area contributed by atoms with Crippen molar-refractivity contribution in [1.82, 2.24) is 25.2 Å². The Morgan fingerprint density at radius 2 is 1.61 bits per heavy atom. The van der Waals surface area contributed by atoms with Crippen LogP contribution in [0.25, 0.3) is 22.2 Å². The van der Waals surface area contributed by atoms with Crippen LogP contribution in [0.1, 0.15) is 60.8 Å². The largest absolute Gasteiger partial charge is 0.497 e. The van der Waals surface area contributed by atoms with Crippen LogP contribution >= 0.6 is 0 Å². The van der Waals surface area contributed by atoms with Gasteiger partial charge in [0.25, 0.3) is 0 Å². The van der Waals surface area contributed by atoms with Crippen molar-refractivity contribution >= 4 is 22.5 Å². The summed E-state index contributed by atoms with van der Waals surface area (Å²) < 4.78 is 120. The highest BCUT2D eigenvalue weighted by atomic mass is 19.4. The van der Waals surface area contributed by atoms with Crippen LogP contribution in [0.4, 0.5) is 38.0 Å². The number of rotatable bonds is 11. The zero-order valence-electron chi connectivity index (χ0n) is 35.8. The number of aromatic nitrogens is 3. The van der Waals surface area contributed by atoms with Gasteiger partial charge in [0, 0.05) is 57.1 Å². The molecule has 4 saturated heterocycles. The standard InChI is InChI=1S/C47H49F6N7O4/c1-26-19-35(58(21-27-5-10-31(61-2)11-6-27)22-28-7-12-32(62-3)13-8-28)55-41(38(26)47(51,52)53)36-39(49)42-37-43(40(36)50)63-18-15-34-33-14-9-30(54-33)24-60(34)44(37)57-45(56-42)64-25-46-16-4-17-59(46)23-29(48)20-46/h5-8,10-13,19,29-30,33-34,54H,4,9,14-18,20-25H2,1-3H3/t29-,30+,33?,34?,46+/m1/s1. The van der Waals surface area contributed by atoms with E-state index in [0.29, 0.717) is 37.4 Å². The first kappa shape index (κ1) is 42.4. The van der Waals surface area contributed by atoms with Gasteiger partial charge >= 0.3 is 12.2 Å². The fourth-order valence-corrected chi connectivity index (χ4v) is 10.7. The zero-order chi connectivity index (χ0) is 44.5. The summed E-state index contributed by atoms with van der Waals surface area (Å²) in [7, 11) is 3.09. The first-order valence-electron chi connectivity index (χ1n) is 21.8. The minimum atomic E-state index is -5.08. The number of hydrogen-bond donors (Lipinski definition) is 1. The molecule has 10 rings (SSSR count). The lowest BCUT2D eigenvalue weighted by atomic mass is 9.95. The summed E-state index contributed by atoms with van der Waals surface area (Å²) >= 11 is 0. The minimum Gasteiger partial charge on any atom is -0.497 e. The van der Waals surface area contributed by atoms with Gasteiger partial charge in [0.1, 0.15) is 41.4 Å². The van der Waals surface area contributed by atoms with E-state index in [0.717, 1.165) is 30.4 Å². The number of piperazine rings is 1. The molecule has 0 aliphatic carbocycles. The fourth-order valence-electron chi connectivity index (χ4n) is 10.7. The number of benzene rings is 3. The summed E-state index contributed by atoms with van der Waals surface area (Å²) in [5, 5.41) is 3.55. The van der Waals surface area contributed by atoms with E-state index < -0.39 is 57.6 Å². The smallest absolute Gasteiger partial charge is 0.418 e. The second-order valence-electron chi connectivity index (χ2n) is 17.7. The van der Waals surface area contributed by atoms with Gasteiger partial charge < -0.3 is 34.1 Å². The number of nitrogens with one attached hydrogen (secondary N) is 1. The molecule has 5 aliphatic heterocycles.